The van der Waals surface area contributed by atoms with Gasteiger partial charge in [0.15, 0.2) is 0 Å². The lowest BCUT2D eigenvalue weighted by Gasteiger charge is -2.34. The summed E-state index contributed by atoms with van der Waals surface area (Å²) in [7, 11) is 0. The van der Waals surface area contributed by atoms with E-state index in [1.54, 1.807) is 6.07 Å². The Morgan fingerprint density at radius 2 is 2.14 bits per heavy atom. The Morgan fingerprint density at radius 3 is 2.86 bits per heavy atom. The van der Waals surface area contributed by atoms with E-state index in [9.17, 15) is 4.39 Å². The van der Waals surface area contributed by atoms with Gasteiger partial charge in [-0.15, -0.1) is 0 Å². The van der Waals surface area contributed by atoms with Gasteiger partial charge in [-0.1, -0.05) is 12.1 Å². The number of piperidine rings is 1. The zero-order valence-corrected chi connectivity index (χ0v) is 14.8. The minimum absolute atomic E-state index is 0.171. The Hall–Kier alpha value is -0.450. The van der Waals surface area contributed by atoms with E-state index in [1.165, 1.54) is 18.9 Å². The standard InChI is InChI=1S/C17H26BrFN2/c1-17(2,3)20-10-13-6-5-9-21(11-13)12-14-7-4-8-15(19)16(14)18/h4,7-8,13,20H,5-6,9-12H2,1-3H3. The first-order chi connectivity index (χ1) is 9.85. The van der Waals surface area contributed by atoms with Crippen molar-refractivity contribution in [3.63, 3.8) is 0 Å². The summed E-state index contributed by atoms with van der Waals surface area (Å²) in [6.07, 6.45) is 2.51. The summed E-state index contributed by atoms with van der Waals surface area (Å²) >= 11 is 3.36. The molecule has 118 valence electrons. The minimum Gasteiger partial charge on any atom is -0.312 e. The third-order valence-electron chi connectivity index (χ3n) is 3.95. The predicted octanol–water partition coefficient (Wildman–Crippen LogP) is 4.19. The van der Waals surface area contributed by atoms with Crippen molar-refractivity contribution in [2.24, 2.45) is 5.92 Å². The molecule has 1 N–H and O–H groups in total. The number of benzene rings is 1. The fourth-order valence-electron chi connectivity index (χ4n) is 2.82. The summed E-state index contributed by atoms with van der Waals surface area (Å²) in [5.74, 6) is 0.515. The normalized spacial score (nSPS) is 20.7. The molecule has 0 bridgehead atoms. The van der Waals surface area contributed by atoms with Crippen molar-refractivity contribution < 1.29 is 4.39 Å². The first kappa shape index (κ1) is 16.9. The Balaban J connectivity index is 1.91. The number of nitrogens with one attached hydrogen (secondary N) is 1. The van der Waals surface area contributed by atoms with Crippen LogP contribution >= 0.6 is 15.9 Å². The summed E-state index contributed by atoms with van der Waals surface area (Å²) in [5.41, 5.74) is 1.22. The highest BCUT2D eigenvalue weighted by atomic mass is 79.9. The molecule has 0 aliphatic carbocycles. The van der Waals surface area contributed by atoms with Crippen molar-refractivity contribution in [3.05, 3.63) is 34.1 Å². The summed E-state index contributed by atoms with van der Waals surface area (Å²) in [5, 5.41) is 3.60. The molecule has 0 saturated carbocycles. The molecule has 1 fully saturated rings. The first-order valence-corrected chi connectivity index (χ1v) is 8.55. The molecule has 1 aromatic rings. The van der Waals surface area contributed by atoms with Crippen LogP contribution in [0.25, 0.3) is 0 Å². The van der Waals surface area contributed by atoms with Gasteiger partial charge in [0.05, 0.1) is 4.47 Å². The van der Waals surface area contributed by atoms with E-state index in [4.69, 9.17) is 0 Å². The first-order valence-electron chi connectivity index (χ1n) is 7.75. The fourth-order valence-corrected chi connectivity index (χ4v) is 3.21. The number of nitrogens with zero attached hydrogens (tertiary/aromatic N) is 1. The molecule has 21 heavy (non-hydrogen) atoms. The Morgan fingerprint density at radius 1 is 1.38 bits per heavy atom. The number of hydrogen-bond acceptors (Lipinski definition) is 2. The lowest BCUT2D eigenvalue weighted by Crippen LogP contribution is -2.44. The van der Waals surface area contributed by atoms with Crippen LogP contribution in [0.5, 0.6) is 0 Å². The summed E-state index contributed by atoms with van der Waals surface area (Å²) in [6, 6.07) is 5.29. The van der Waals surface area contributed by atoms with Gasteiger partial charge in [-0.3, -0.25) is 4.90 Å². The van der Waals surface area contributed by atoms with Gasteiger partial charge >= 0.3 is 0 Å². The molecule has 1 aliphatic heterocycles. The summed E-state index contributed by atoms with van der Waals surface area (Å²) in [4.78, 5) is 2.44. The van der Waals surface area contributed by atoms with Gasteiger partial charge in [-0.2, -0.15) is 0 Å². The zero-order valence-electron chi connectivity index (χ0n) is 13.3. The van der Waals surface area contributed by atoms with Crippen molar-refractivity contribution in [3.8, 4) is 0 Å². The maximum Gasteiger partial charge on any atom is 0.137 e. The molecule has 1 heterocycles. The van der Waals surface area contributed by atoms with Crippen LogP contribution in [0.15, 0.2) is 22.7 Å². The molecule has 1 aromatic carbocycles. The molecule has 1 saturated heterocycles. The van der Waals surface area contributed by atoms with Gasteiger partial charge in [-0.25, -0.2) is 4.39 Å². The van der Waals surface area contributed by atoms with E-state index >= 15 is 0 Å². The topological polar surface area (TPSA) is 15.3 Å². The smallest absolute Gasteiger partial charge is 0.137 e. The van der Waals surface area contributed by atoms with E-state index in [-0.39, 0.29) is 11.4 Å². The average molecular weight is 357 g/mol. The van der Waals surface area contributed by atoms with Gasteiger partial charge in [-0.05, 0) is 80.2 Å². The van der Waals surface area contributed by atoms with E-state index in [0.29, 0.717) is 10.4 Å². The number of rotatable bonds is 4. The van der Waals surface area contributed by atoms with Crippen LogP contribution < -0.4 is 5.32 Å². The maximum absolute atomic E-state index is 13.6. The molecule has 1 unspecified atom stereocenters. The van der Waals surface area contributed by atoms with Gasteiger partial charge in [0, 0.05) is 18.6 Å². The Kier molecular flexibility index (Phi) is 5.81. The van der Waals surface area contributed by atoms with Crippen LogP contribution in [0.4, 0.5) is 4.39 Å². The molecular weight excluding hydrogens is 331 g/mol. The van der Waals surface area contributed by atoms with Crippen LogP contribution in [0.3, 0.4) is 0 Å². The molecule has 2 rings (SSSR count). The van der Waals surface area contributed by atoms with Crippen LogP contribution in [-0.4, -0.2) is 30.1 Å². The number of hydrogen-bond donors (Lipinski definition) is 1. The quantitative estimate of drug-likeness (QED) is 0.869. The molecule has 0 radical (unpaired) electrons. The lowest BCUT2D eigenvalue weighted by atomic mass is 9.96. The summed E-state index contributed by atoms with van der Waals surface area (Å²) < 4.78 is 14.2. The molecule has 1 atom stereocenters. The van der Waals surface area contributed by atoms with E-state index < -0.39 is 0 Å². The van der Waals surface area contributed by atoms with Crippen molar-refractivity contribution in [1.29, 1.82) is 0 Å². The second kappa shape index (κ2) is 7.21. The van der Waals surface area contributed by atoms with Gasteiger partial charge in [0.25, 0.3) is 0 Å². The largest absolute Gasteiger partial charge is 0.312 e. The van der Waals surface area contributed by atoms with Gasteiger partial charge in [0.1, 0.15) is 5.82 Å². The highest BCUT2D eigenvalue weighted by Gasteiger charge is 2.22. The van der Waals surface area contributed by atoms with Crippen molar-refractivity contribution >= 4 is 15.9 Å². The average Bonchev–Trinajstić information content (AvgIpc) is 2.41. The van der Waals surface area contributed by atoms with Crippen LogP contribution in [0.1, 0.15) is 39.2 Å². The molecule has 0 aromatic heterocycles. The van der Waals surface area contributed by atoms with Crippen molar-refractivity contribution in [1.82, 2.24) is 10.2 Å². The summed E-state index contributed by atoms with van der Waals surface area (Å²) in [6.45, 7) is 10.7. The molecular formula is C17H26BrFN2. The zero-order chi connectivity index (χ0) is 15.5. The van der Waals surface area contributed by atoms with E-state index in [0.717, 1.165) is 31.7 Å². The monoisotopic (exact) mass is 356 g/mol. The maximum atomic E-state index is 13.6. The van der Waals surface area contributed by atoms with Crippen LogP contribution in [0.2, 0.25) is 0 Å². The fraction of sp³-hybridized carbons (Fsp3) is 0.647. The third-order valence-corrected chi connectivity index (χ3v) is 4.84. The lowest BCUT2D eigenvalue weighted by molar-refractivity contribution is 0.159. The third kappa shape index (κ3) is 5.35. The van der Waals surface area contributed by atoms with Crippen LogP contribution in [0, 0.1) is 11.7 Å². The number of likely N-dealkylation sites (tertiary alicyclic amines) is 1. The SMILES string of the molecule is CC(C)(C)NCC1CCCN(Cc2cccc(F)c2Br)C1. The minimum atomic E-state index is -0.171. The van der Waals surface area contributed by atoms with E-state index in [2.05, 4.69) is 46.9 Å². The second-order valence-corrected chi connectivity index (χ2v) is 7.88. The molecule has 0 amide bonds. The Bertz CT molecular complexity index is 470. The molecule has 0 spiro atoms. The second-order valence-electron chi connectivity index (χ2n) is 7.09. The molecule has 4 heteroatoms. The van der Waals surface area contributed by atoms with E-state index in [1.807, 2.05) is 6.07 Å². The van der Waals surface area contributed by atoms with Gasteiger partial charge < -0.3 is 5.32 Å². The van der Waals surface area contributed by atoms with Crippen LogP contribution in [-0.2, 0) is 6.54 Å². The highest BCUT2D eigenvalue weighted by Crippen LogP contribution is 2.24. The molecule has 2 nitrogen and oxygen atoms in total. The number of halogens is 2. The van der Waals surface area contributed by atoms with Crippen molar-refractivity contribution in [2.75, 3.05) is 19.6 Å². The molecule has 1 aliphatic rings. The van der Waals surface area contributed by atoms with Gasteiger partial charge in [0.2, 0.25) is 0 Å². The van der Waals surface area contributed by atoms with Crippen molar-refractivity contribution in [2.45, 2.75) is 45.7 Å². The highest BCUT2D eigenvalue weighted by molar-refractivity contribution is 9.10. The predicted molar refractivity (Wildman–Crippen MR) is 89.9 cm³/mol. The Labute approximate surface area is 136 Å².